The molecule has 2 aromatic carbocycles. The number of aromatic nitrogens is 2. The third-order valence-electron chi connectivity index (χ3n) is 3.46. The number of amides is 1. The Labute approximate surface area is 116 Å². The number of imidazole rings is 1. The number of fused-ring (bicyclic) bond motifs is 1. The predicted molar refractivity (Wildman–Crippen MR) is 78.5 cm³/mol. The van der Waals surface area contributed by atoms with Crippen molar-refractivity contribution in [2.24, 2.45) is 12.8 Å². The van der Waals surface area contributed by atoms with Crippen LogP contribution < -0.4 is 5.73 Å². The Balaban J connectivity index is 2.05. The number of hydrogen-bond acceptors (Lipinski definition) is 2. The van der Waals surface area contributed by atoms with E-state index in [0.717, 1.165) is 23.3 Å². The number of nitrogens with two attached hydrogens (primary N) is 1. The minimum absolute atomic E-state index is 0.419. The average Bonchev–Trinajstić information content (AvgIpc) is 2.76. The molecule has 0 fully saturated rings. The molecule has 4 nitrogen and oxygen atoms in total. The minimum atomic E-state index is -0.419. The molecule has 20 heavy (non-hydrogen) atoms. The molecular formula is C16H15N3O. The summed E-state index contributed by atoms with van der Waals surface area (Å²) < 4.78 is 2.01. The smallest absolute Gasteiger partial charge is 0.248 e. The molecule has 0 saturated heterocycles. The number of rotatable bonds is 3. The lowest BCUT2D eigenvalue weighted by Crippen LogP contribution is -2.10. The van der Waals surface area contributed by atoms with Crippen LogP contribution in [0.1, 0.15) is 21.7 Å². The van der Waals surface area contributed by atoms with Crippen LogP contribution in [0.3, 0.4) is 0 Å². The number of carbonyl (C=O) groups excluding carboxylic acids is 1. The first-order valence-electron chi connectivity index (χ1n) is 6.44. The van der Waals surface area contributed by atoms with E-state index in [2.05, 4.69) is 17.1 Å². The van der Waals surface area contributed by atoms with E-state index in [1.54, 1.807) is 12.1 Å². The van der Waals surface area contributed by atoms with Crippen molar-refractivity contribution >= 4 is 16.9 Å². The van der Waals surface area contributed by atoms with Gasteiger partial charge in [0.15, 0.2) is 0 Å². The van der Waals surface area contributed by atoms with Crippen LogP contribution in [-0.2, 0) is 13.5 Å². The van der Waals surface area contributed by atoms with Gasteiger partial charge in [0.2, 0.25) is 5.91 Å². The molecule has 0 aliphatic rings. The molecule has 4 heteroatoms. The lowest BCUT2D eigenvalue weighted by atomic mass is 10.1. The van der Waals surface area contributed by atoms with Crippen LogP contribution in [0.5, 0.6) is 0 Å². The van der Waals surface area contributed by atoms with Crippen LogP contribution in [0, 0.1) is 0 Å². The zero-order valence-electron chi connectivity index (χ0n) is 11.2. The Morgan fingerprint density at radius 1 is 1.20 bits per heavy atom. The summed E-state index contributed by atoms with van der Waals surface area (Å²) in [5, 5.41) is 0. The van der Waals surface area contributed by atoms with Gasteiger partial charge in [-0.25, -0.2) is 4.98 Å². The fourth-order valence-electron chi connectivity index (χ4n) is 2.33. The van der Waals surface area contributed by atoms with Crippen molar-refractivity contribution < 1.29 is 4.79 Å². The second-order valence-electron chi connectivity index (χ2n) is 4.82. The first-order chi connectivity index (χ1) is 9.65. The summed E-state index contributed by atoms with van der Waals surface area (Å²) >= 11 is 0. The molecule has 0 bridgehead atoms. The molecule has 0 aliphatic carbocycles. The summed E-state index contributed by atoms with van der Waals surface area (Å²) in [6, 6.07) is 15.5. The molecule has 0 saturated carbocycles. The highest BCUT2D eigenvalue weighted by molar-refractivity contribution is 5.96. The van der Waals surface area contributed by atoms with Crippen LogP contribution in [0.2, 0.25) is 0 Å². The minimum Gasteiger partial charge on any atom is -0.366 e. The first kappa shape index (κ1) is 12.4. The molecule has 100 valence electrons. The Kier molecular flexibility index (Phi) is 2.99. The SMILES string of the molecule is Cn1c(Cc2ccccc2)nc2ccc(C(N)=O)cc21. The van der Waals surface area contributed by atoms with E-state index in [1.807, 2.05) is 35.9 Å². The maximum atomic E-state index is 11.2. The summed E-state index contributed by atoms with van der Waals surface area (Å²) in [5.41, 5.74) is 8.83. The standard InChI is InChI=1S/C16H15N3O/c1-19-14-10-12(16(17)20)7-8-13(14)18-15(19)9-11-5-3-2-4-6-11/h2-8,10H,9H2,1H3,(H2,17,20). The van der Waals surface area contributed by atoms with E-state index in [1.165, 1.54) is 5.56 Å². The third kappa shape index (κ3) is 2.16. The van der Waals surface area contributed by atoms with E-state index in [-0.39, 0.29) is 0 Å². The zero-order chi connectivity index (χ0) is 14.1. The van der Waals surface area contributed by atoms with Gasteiger partial charge in [0.1, 0.15) is 5.82 Å². The van der Waals surface area contributed by atoms with Crippen molar-refractivity contribution in [2.75, 3.05) is 0 Å². The van der Waals surface area contributed by atoms with Gasteiger partial charge in [-0.2, -0.15) is 0 Å². The van der Waals surface area contributed by atoms with Crippen molar-refractivity contribution in [1.82, 2.24) is 9.55 Å². The molecule has 0 atom stereocenters. The van der Waals surface area contributed by atoms with Crippen molar-refractivity contribution in [1.29, 1.82) is 0 Å². The molecule has 2 N–H and O–H groups in total. The molecule has 0 spiro atoms. The summed E-state index contributed by atoms with van der Waals surface area (Å²) in [5.74, 6) is 0.547. The third-order valence-corrected chi connectivity index (χ3v) is 3.46. The van der Waals surface area contributed by atoms with E-state index >= 15 is 0 Å². The number of hydrogen-bond donors (Lipinski definition) is 1. The van der Waals surface area contributed by atoms with Gasteiger partial charge in [-0.3, -0.25) is 4.79 Å². The molecule has 0 aliphatic heterocycles. The highest BCUT2D eigenvalue weighted by Crippen LogP contribution is 2.18. The molecular weight excluding hydrogens is 250 g/mol. The lowest BCUT2D eigenvalue weighted by Gasteiger charge is -2.03. The van der Waals surface area contributed by atoms with Crippen LogP contribution >= 0.6 is 0 Å². The number of primary amides is 1. The molecule has 3 rings (SSSR count). The summed E-state index contributed by atoms with van der Waals surface area (Å²) in [4.78, 5) is 15.9. The average molecular weight is 265 g/mol. The van der Waals surface area contributed by atoms with Crippen LogP contribution in [0.4, 0.5) is 0 Å². The van der Waals surface area contributed by atoms with E-state index in [4.69, 9.17) is 5.73 Å². The maximum absolute atomic E-state index is 11.2. The Hall–Kier alpha value is -2.62. The lowest BCUT2D eigenvalue weighted by molar-refractivity contribution is 0.100. The molecule has 3 aromatic rings. The van der Waals surface area contributed by atoms with Gasteiger partial charge in [-0.05, 0) is 23.8 Å². The highest BCUT2D eigenvalue weighted by atomic mass is 16.1. The van der Waals surface area contributed by atoms with E-state index in [0.29, 0.717) is 5.56 Å². The van der Waals surface area contributed by atoms with E-state index in [9.17, 15) is 4.79 Å². The Morgan fingerprint density at radius 3 is 2.65 bits per heavy atom. The molecule has 0 unspecified atom stereocenters. The van der Waals surface area contributed by atoms with Gasteiger partial charge >= 0.3 is 0 Å². The number of carbonyl (C=O) groups is 1. The molecule has 0 radical (unpaired) electrons. The van der Waals surface area contributed by atoms with Gasteiger partial charge < -0.3 is 10.3 Å². The summed E-state index contributed by atoms with van der Waals surface area (Å²) in [6.45, 7) is 0. The van der Waals surface area contributed by atoms with E-state index < -0.39 is 5.91 Å². The van der Waals surface area contributed by atoms with Crippen LogP contribution in [0.15, 0.2) is 48.5 Å². The largest absolute Gasteiger partial charge is 0.366 e. The topological polar surface area (TPSA) is 60.9 Å². The molecule has 1 heterocycles. The zero-order valence-corrected chi connectivity index (χ0v) is 11.2. The monoisotopic (exact) mass is 265 g/mol. The van der Waals surface area contributed by atoms with Crippen LogP contribution in [0.25, 0.3) is 11.0 Å². The van der Waals surface area contributed by atoms with Gasteiger partial charge in [-0.1, -0.05) is 30.3 Å². The van der Waals surface area contributed by atoms with Gasteiger partial charge in [0, 0.05) is 19.0 Å². The first-order valence-corrected chi connectivity index (χ1v) is 6.44. The van der Waals surface area contributed by atoms with Crippen LogP contribution in [-0.4, -0.2) is 15.5 Å². The van der Waals surface area contributed by atoms with Gasteiger partial charge in [0.25, 0.3) is 0 Å². The highest BCUT2D eigenvalue weighted by Gasteiger charge is 2.10. The quantitative estimate of drug-likeness (QED) is 0.789. The second-order valence-corrected chi connectivity index (χ2v) is 4.82. The molecule has 1 aromatic heterocycles. The van der Waals surface area contributed by atoms with Crippen molar-refractivity contribution in [3.63, 3.8) is 0 Å². The number of nitrogens with zero attached hydrogens (tertiary/aromatic N) is 2. The fraction of sp³-hybridized carbons (Fsp3) is 0.125. The van der Waals surface area contributed by atoms with Crippen molar-refractivity contribution in [3.8, 4) is 0 Å². The molecule has 1 amide bonds. The Morgan fingerprint density at radius 2 is 1.95 bits per heavy atom. The summed E-state index contributed by atoms with van der Waals surface area (Å²) in [6.07, 6.45) is 0.762. The predicted octanol–water partition coefficient (Wildman–Crippen LogP) is 2.26. The maximum Gasteiger partial charge on any atom is 0.248 e. The Bertz CT molecular complexity index is 775. The van der Waals surface area contributed by atoms with Crippen molar-refractivity contribution in [3.05, 3.63) is 65.5 Å². The number of benzene rings is 2. The van der Waals surface area contributed by atoms with Gasteiger partial charge in [0.05, 0.1) is 11.0 Å². The number of aryl methyl sites for hydroxylation is 1. The second kappa shape index (κ2) is 4.81. The normalized spacial score (nSPS) is 10.8. The summed E-state index contributed by atoms with van der Waals surface area (Å²) in [7, 11) is 1.96. The fourth-order valence-corrected chi connectivity index (χ4v) is 2.33. The van der Waals surface area contributed by atoms with Gasteiger partial charge in [-0.15, -0.1) is 0 Å². The van der Waals surface area contributed by atoms with Crippen molar-refractivity contribution in [2.45, 2.75) is 6.42 Å².